The number of hydrogen-bond donors (Lipinski definition) is 2. The van der Waals surface area contributed by atoms with Crippen LogP contribution in [0.25, 0.3) is 11.3 Å². The zero-order valence-corrected chi connectivity index (χ0v) is 16.4. The molecule has 5 heteroatoms. The lowest BCUT2D eigenvalue weighted by Gasteiger charge is -2.28. The minimum Gasteiger partial charge on any atom is -0.481 e. The molecule has 0 spiro atoms. The Balaban J connectivity index is 1.31. The SMILES string of the molecule is O=C(O)CC1CCC(c2ccc(-c3cc(OCC4CCCC4)n[nH]3)cc2)CC1. The maximum Gasteiger partial charge on any atom is 0.303 e. The van der Waals surface area contributed by atoms with Gasteiger partial charge in [0.2, 0.25) is 5.88 Å². The van der Waals surface area contributed by atoms with E-state index in [2.05, 4.69) is 34.5 Å². The second-order valence-corrected chi connectivity index (χ2v) is 8.52. The summed E-state index contributed by atoms with van der Waals surface area (Å²) in [7, 11) is 0. The van der Waals surface area contributed by atoms with E-state index in [4.69, 9.17) is 9.84 Å². The average molecular weight is 383 g/mol. The van der Waals surface area contributed by atoms with Gasteiger partial charge in [-0.05, 0) is 67.4 Å². The first kappa shape index (κ1) is 19.0. The number of aromatic amines is 1. The van der Waals surface area contributed by atoms with Crippen LogP contribution in [0.2, 0.25) is 0 Å². The Kier molecular flexibility index (Phi) is 5.98. The van der Waals surface area contributed by atoms with E-state index in [1.807, 2.05) is 6.07 Å². The van der Waals surface area contributed by atoms with E-state index in [0.717, 1.165) is 43.5 Å². The average Bonchev–Trinajstić information content (AvgIpc) is 3.39. The summed E-state index contributed by atoms with van der Waals surface area (Å²) in [6, 6.07) is 10.7. The minimum atomic E-state index is -0.668. The molecule has 2 aromatic rings. The van der Waals surface area contributed by atoms with Crippen molar-refractivity contribution in [3.8, 4) is 17.1 Å². The number of carboxylic acids is 1. The highest BCUT2D eigenvalue weighted by Crippen LogP contribution is 2.37. The molecule has 0 radical (unpaired) electrons. The van der Waals surface area contributed by atoms with Crippen molar-refractivity contribution in [2.75, 3.05) is 6.61 Å². The van der Waals surface area contributed by atoms with Crippen LogP contribution < -0.4 is 4.74 Å². The molecule has 2 aliphatic rings. The number of carboxylic acid groups (broad SMARTS) is 1. The molecule has 2 N–H and O–H groups in total. The highest BCUT2D eigenvalue weighted by molar-refractivity contribution is 5.67. The molecule has 5 nitrogen and oxygen atoms in total. The number of carbonyl (C=O) groups is 1. The van der Waals surface area contributed by atoms with Crippen molar-refractivity contribution in [3.63, 3.8) is 0 Å². The second kappa shape index (κ2) is 8.80. The molecular weight excluding hydrogens is 352 g/mol. The number of benzene rings is 1. The second-order valence-electron chi connectivity index (χ2n) is 8.52. The molecule has 2 aliphatic carbocycles. The van der Waals surface area contributed by atoms with E-state index in [9.17, 15) is 4.79 Å². The zero-order valence-electron chi connectivity index (χ0n) is 16.4. The number of aromatic nitrogens is 2. The topological polar surface area (TPSA) is 75.2 Å². The minimum absolute atomic E-state index is 0.316. The monoisotopic (exact) mass is 382 g/mol. The van der Waals surface area contributed by atoms with Crippen LogP contribution in [0.1, 0.15) is 69.3 Å². The van der Waals surface area contributed by atoms with Crippen molar-refractivity contribution in [2.24, 2.45) is 11.8 Å². The van der Waals surface area contributed by atoms with Gasteiger partial charge in [-0.15, -0.1) is 5.10 Å². The number of rotatable bonds is 7. The summed E-state index contributed by atoms with van der Waals surface area (Å²) >= 11 is 0. The maximum absolute atomic E-state index is 10.9. The third kappa shape index (κ3) is 4.75. The molecule has 2 fully saturated rings. The number of ether oxygens (including phenoxy) is 1. The van der Waals surface area contributed by atoms with Crippen LogP contribution in [0.15, 0.2) is 30.3 Å². The summed E-state index contributed by atoms with van der Waals surface area (Å²) < 4.78 is 5.86. The van der Waals surface area contributed by atoms with Gasteiger partial charge in [-0.3, -0.25) is 9.89 Å². The number of nitrogens with one attached hydrogen (secondary N) is 1. The predicted octanol–water partition coefficient (Wildman–Crippen LogP) is 5.39. The molecule has 0 saturated heterocycles. The molecule has 1 aromatic carbocycles. The predicted molar refractivity (Wildman–Crippen MR) is 108 cm³/mol. The lowest BCUT2D eigenvalue weighted by Crippen LogP contribution is -2.16. The van der Waals surface area contributed by atoms with Crippen LogP contribution in [0, 0.1) is 11.8 Å². The molecule has 1 aromatic heterocycles. The standard InChI is InChI=1S/C23H30N2O3/c26-23(27)13-16-5-7-18(8-6-16)19-9-11-20(12-10-19)21-14-22(25-24-21)28-15-17-3-1-2-4-17/h9-12,14,16-18H,1-8,13,15H2,(H,24,25)(H,26,27). The van der Waals surface area contributed by atoms with Gasteiger partial charge >= 0.3 is 5.97 Å². The van der Waals surface area contributed by atoms with Gasteiger partial charge in [-0.2, -0.15) is 0 Å². The summed E-state index contributed by atoms with van der Waals surface area (Å²) in [6.07, 6.45) is 9.72. The fraction of sp³-hybridized carbons (Fsp3) is 0.565. The van der Waals surface area contributed by atoms with E-state index < -0.39 is 5.97 Å². The van der Waals surface area contributed by atoms with Crippen molar-refractivity contribution in [2.45, 2.75) is 63.7 Å². The van der Waals surface area contributed by atoms with Gasteiger partial charge in [-0.1, -0.05) is 37.1 Å². The molecule has 1 heterocycles. The molecule has 0 amide bonds. The van der Waals surface area contributed by atoms with Crippen molar-refractivity contribution in [1.82, 2.24) is 10.2 Å². The first-order valence-corrected chi connectivity index (χ1v) is 10.7. The smallest absolute Gasteiger partial charge is 0.303 e. The summed E-state index contributed by atoms with van der Waals surface area (Å²) in [6.45, 7) is 0.772. The fourth-order valence-corrected chi connectivity index (χ4v) is 4.79. The van der Waals surface area contributed by atoms with Gasteiger partial charge < -0.3 is 9.84 Å². The van der Waals surface area contributed by atoms with Crippen LogP contribution in [0.4, 0.5) is 0 Å². The van der Waals surface area contributed by atoms with Gasteiger partial charge in [0.05, 0.1) is 12.3 Å². The highest BCUT2D eigenvalue weighted by Gasteiger charge is 2.24. The summed E-state index contributed by atoms with van der Waals surface area (Å²) in [4.78, 5) is 10.9. The maximum atomic E-state index is 10.9. The van der Waals surface area contributed by atoms with Gasteiger partial charge in [0.15, 0.2) is 0 Å². The number of aliphatic carboxylic acids is 1. The molecule has 0 aliphatic heterocycles. The molecule has 0 bridgehead atoms. The number of nitrogens with zero attached hydrogens (tertiary/aromatic N) is 1. The van der Waals surface area contributed by atoms with Crippen LogP contribution >= 0.6 is 0 Å². The van der Waals surface area contributed by atoms with E-state index in [-0.39, 0.29) is 0 Å². The van der Waals surface area contributed by atoms with Gasteiger partial charge in [0.25, 0.3) is 0 Å². The van der Waals surface area contributed by atoms with Crippen molar-refractivity contribution in [3.05, 3.63) is 35.9 Å². The summed E-state index contributed by atoms with van der Waals surface area (Å²) in [5, 5.41) is 16.4. The van der Waals surface area contributed by atoms with Crippen molar-refractivity contribution >= 4 is 5.97 Å². The Labute approximate surface area is 166 Å². The van der Waals surface area contributed by atoms with E-state index in [1.165, 1.54) is 31.2 Å². The zero-order chi connectivity index (χ0) is 19.3. The molecule has 4 rings (SSSR count). The fourth-order valence-electron chi connectivity index (χ4n) is 4.79. The molecule has 150 valence electrons. The van der Waals surface area contributed by atoms with E-state index in [1.54, 1.807) is 0 Å². The van der Waals surface area contributed by atoms with Crippen LogP contribution in [0.5, 0.6) is 5.88 Å². The lowest BCUT2D eigenvalue weighted by atomic mass is 9.77. The van der Waals surface area contributed by atoms with E-state index in [0.29, 0.717) is 30.1 Å². The Morgan fingerprint density at radius 2 is 1.75 bits per heavy atom. The highest BCUT2D eigenvalue weighted by atomic mass is 16.5. The van der Waals surface area contributed by atoms with Crippen LogP contribution in [-0.2, 0) is 4.79 Å². The third-order valence-corrected chi connectivity index (χ3v) is 6.50. The van der Waals surface area contributed by atoms with Gasteiger partial charge in [0.1, 0.15) is 0 Å². The van der Waals surface area contributed by atoms with Crippen molar-refractivity contribution < 1.29 is 14.6 Å². The molecule has 2 saturated carbocycles. The first-order valence-electron chi connectivity index (χ1n) is 10.7. The molecule has 0 atom stereocenters. The molecule has 0 unspecified atom stereocenters. The largest absolute Gasteiger partial charge is 0.481 e. The Morgan fingerprint density at radius 3 is 2.43 bits per heavy atom. The summed E-state index contributed by atoms with van der Waals surface area (Å²) in [5.41, 5.74) is 3.46. The normalized spacial score (nSPS) is 23.0. The van der Waals surface area contributed by atoms with Crippen molar-refractivity contribution in [1.29, 1.82) is 0 Å². The van der Waals surface area contributed by atoms with Gasteiger partial charge in [0, 0.05) is 12.5 Å². The Morgan fingerprint density at radius 1 is 1.04 bits per heavy atom. The number of hydrogen-bond acceptors (Lipinski definition) is 3. The van der Waals surface area contributed by atoms with Crippen LogP contribution in [-0.4, -0.2) is 27.9 Å². The first-order chi connectivity index (χ1) is 13.7. The molecule has 28 heavy (non-hydrogen) atoms. The lowest BCUT2D eigenvalue weighted by molar-refractivity contribution is -0.138. The number of H-pyrrole nitrogens is 1. The Hall–Kier alpha value is -2.30. The van der Waals surface area contributed by atoms with Crippen LogP contribution in [0.3, 0.4) is 0 Å². The van der Waals surface area contributed by atoms with E-state index >= 15 is 0 Å². The Bertz CT molecular complexity index is 769. The molecular formula is C23H30N2O3. The quantitative estimate of drug-likeness (QED) is 0.673. The van der Waals surface area contributed by atoms with Gasteiger partial charge in [-0.25, -0.2) is 0 Å². The third-order valence-electron chi connectivity index (χ3n) is 6.50. The summed E-state index contributed by atoms with van der Waals surface area (Å²) in [5.74, 6) is 1.60.